The highest BCUT2D eigenvalue weighted by Crippen LogP contribution is 1.84. The van der Waals surface area contributed by atoms with Gasteiger partial charge < -0.3 is 4.79 Å². The van der Waals surface area contributed by atoms with E-state index in [1.165, 1.54) is 6.42 Å². The van der Waals surface area contributed by atoms with Crippen LogP contribution in [0.25, 0.3) is 0 Å². The van der Waals surface area contributed by atoms with Crippen LogP contribution in [0.5, 0.6) is 0 Å². The maximum atomic E-state index is 10.3. The smallest absolute Gasteiger partial charge is 0.133 e. The van der Waals surface area contributed by atoms with E-state index in [0.717, 1.165) is 6.42 Å². The average molecular weight is 409 g/mol. The molecule has 0 aliphatic carbocycles. The molecular formula is C26H48O3. The standard InChI is InChI=1S/C8H12O.C6H10O.C5H10.C4H8O.C3H8/c1-3-4-5-6-7-8(2)9;1-3-4-5-6(2)7;1-3-5-4-2;1-3-4(2)5;1-3-2/h3-6H,7H2,1-2H3;3-4H,5H2,1-2H3;3,5H,4H2,1-2H3;3H2,1-2H3;3H2,1-2H3. The number of hydrogen-bond acceptors (Lipinski definition) is 3. The minimum Gasteiger partial charge on any atom is -0.300 e. The van der Waals surface area contributed by atoms with Crippen molar-refractivity contribution in [3.8, 4) is 0 Å². The lowest BCUT2D eigenvalue weighted by Crippen LogP contribution is -1.82. The Kier molecular flexibility index (Phi) is 52.8. The van der Waals surface area contributed by atoms with E-state index in [9.17, 15) is 14.4 Å². The van der Waals surface area contributed by atoms with Crippen molar-refractivity contribution in [2.24, 2.45) is 0 Å². The highest BCUT2D eigenvalue weighted by molar-refractivity contribution is 5.77. The van der Waals surface area contributed by atoms with Gasteiger partial charge in [-0.1, -0.05) is 82.7 Å². The van der Waals surface area contributed by atoms with E-state index in [-0.39, 0.29) is 17.3 Å². The maximum Gasteiger partial charge on any atom is 0.133 e. The van der Waals surface area contributed by atoms with Crippen LogP contribution in [-0.4, -0.2) is 17.3 Å². The first kappa shape index (κ1) is 37.7. The second-order valence-corrected chi connectivity index (χ2v) is 6.08. The maximum absolute atomic E-state index is 10.3. The Balaban J connectivity index is -0.0000000866. The molecule has 170 valence electrons. The molecule has 0 fully saturated rings. The minimum absolute atomic E-state index is 0.204. The third kappa shape index (κ3) is 104. The van der Waals surface area contributed by atoms with Crippen molar-refractivity contribution in [2.75, 3.05) is 0 Å². The fraction of sp³-hybridized carbons (Fsp3) is 0.577. The second-order valence-electron chi connectivity index (χ2n) is 6.08. The number of hydrogen-bond donors (Lipinski definition) is 0. The second kappa shape index (κ2) is 40.6. The molecule has 0 saturated carbocycles. The number of allylic oxidation sites excluding steroid dienone is 8. The molecule has 0 bridgehead atoms. The summed E-state index contributed by atoms with van der Waals surface area (Å²) in [5.41, 5.74) is 0. The van der Waals surface area contributed by atoms with Gasteiger partial charge in [-0.15, -0.1) is 0 Å². The summed E-state index contributed by atoms with van der Waals surface area (Å²) in [4.78, 5) is 30.3. The lowest BCUT2D eigenvalue weighted by Gasteiger charge is -1.79. The zero-order valence-electron chi connectivity index (χ0n) is 20.9. The molecule has 0 rings (SSSR count). The Bertz CT molecular complexity index is 453. The predicted molar refractivity (Wildman–Crippen MR) is 131 cm³/mol. The largest absolute Gasteiger partial charge is 0.300 e. The van der Waals surface area contributed by atoms with Crippen molar-refractivity contribution in [1.82, 2.24) is 0 Å². The first-order valence-corrected chi connectivity index (χ1v) is 10.6. The van der Waals surface area contributed by atoms with Gasteiger partial charge in [0, 0.05) is 19.3 Å². The van der Waals surface area contributed by atoms with Crippen LogP contribution >= 0.6 is 0 Å². The zero-order chi connectivity index (χ0) is 23.9. The number of ketones is 3. The van der Waals surface area contributed by atoms with Gasteiger partial charge in [-0.3, -0.25) is 9.59 Å². The molecule has 0 aromatic carbocycles. The summed E-state index contributed by atoms with van der Waals surface area (Å²) in [7, 11) is 0. The van der Waals surface area contributed by atoms with Crippen molar-refractivity contribution in [1.29, 1.82) is 0 Å². The van der Waals surface area contributed by atoms with Gasteiger partial charge in [0.05, 0.1) is 0 Å². The molecule has 0 radical (unpaired) electrons. The van der Waals surface area contributed by atoms with Crippen LogP contribution < -0.4 is 0 Å². The van der Waals surface area contributed by atoms with Crippen molar-refractivity contribution in [3.05, 3.63) is 48.6 Å². The molecule has 0 unspecified atom stereocenters. The topological polar surface area (TPSA) is 51.2 Å². The normalized spacial score (nSPS) is 9.59. The Morgan fingerprint density at radius 3 is 1.14 bits per heavy atom. The molecule has 0 amide bonds. The van der Waals surface area contributed by atoms with E-state index < -0.39 is 0 Å². The zero-order valence-corrected chi connectivity index (χ0v) is 20.9. The molecule has 3 nitrogen and oxygen atoms in total. The Morgan fingerprint density at radius 2 is 0.966 bits per heavy atom. The Labute approximate surface area is 182 Å². The Morgan fingerprint density at radius 1 is 0.586 bits per heavy atom. The molecule has 0 aliphatic rings. The highest BCUT2D eigenvalue weighted by Gasteiger charge is 1.82. The average Bonchev–Trinajstić information content (AvgIpc) is 2.66. The molecule has 3 heteroatoms. The van der Waals surface area contributed by atoms with Gasteiger partial charge in [0.2, 0.25) is 0 Å². The van der Waals surface area contributed by atoms with Gasteiger partial charge in [-0.05, 0) is 48.0 Å². The number of rotatable bonds is 7. The van der Waals surface area contributed by atoms with Crippen LogP contribution in [-0.2, 0) is 14.4 Å². The molecule has 29 heavy (non-hydrogen) atoms. The van der Waals surface area contributed by atoms with Crippen LogP contribution in [0.15, 0.2) is 48.6 Å². The summed E-state index contributed by atoms with van der Waals surface area (Å²) in [5.74, 6) is 0.679. The van der Waals surface area contributed by atoms with Crippen molar-refractivity contribution >= 4 is 17.3 Å². The first-order valence-electron chi connectivity index (χ1n) is 10.6. The van der Waals surface area contributed by atoms with E-state index in [2.05, 4.69) is 32.9 Å². The minimum atomic E-state index is 0.204. The van der Waals surface area contributed by atoms with Crippen LogP contribution in [0.1, 0.15) is 101 Å². The summed E-state index contributed by atoms with van der Waals surface area (Å²) in [6.07, 6.45) is 19.7. The molecule has 0 saturated heterocycles. The Hall–Kier alpha value is -2.03. The van der Waals surface area contributed by atoms with Crippen LogP contribution in [0.4, 0.5) is 0 Å². The number of carbonyl (C=O) groups is 3. The van der Waals surface area contributed by atoms with Gasteiger partial charge in [0.25, 0.3) is 0 Å². The molecule has 0 aliphatic heterocycles. The molecule has 0 atom stereocenters. The summed E-state index contributed by atoms with van der Waals surface area (Å²) < 4.78 is 0. The lowest BCUT2D eigenvalue weighted by molar-refractivity contribution is -0.117. The predicted octanol–water partition coefficient (Wildman–Crippen LogP) is 8.01. The van der Waals surface area contributed by atoms with Gasteiger partial charge in [-0.2, -0.15) is 0 Å². The molecule has 0 spiro atoms. The molecule has 0 aromatic rings. The third-order valence-corrected chi connectivity index (χ3v) is 2.46. The monoisotopic (exact) mass is 408 g/mol. The number of carbonyl (C=O) groups excluding carboxylic acids is 3. The van der Waals surface area contributed by atoms with Crippen molar-refractivity contribution in [3.63, 3.8) is 0 Å². The fourth-order valence-electron chi connectivity index (χ4n) is 0.943. The van der Waals surface area contributed by atoms with E-state index in [0.29, 0.717) is 19.3 Å². The number of Topliss-reactive ketones (excluding diaryl/α,β-unsaturated/α-hetero) is 3. The summed E-state index contributed by atoms with van der Waals surface area (Å²) in [5, 5.41) is 0. The van der Waals surface area contributed by atoms with Crippen LogP contribution in [0.2, 0.25) is 0 Å². The van der Waals surface area contributed by atoms with Gasteiger partial charge >= 0.3 is 0 Å². The van der Waals surface area contributed by atoms with Gasteiger partial charge in [0.1, 0.15) is 17.3 Å². The van der Waals surface area contributed by atoms with E-state index in [4.69, 9.17) is 0 Å². The molecule has 0 heterocycles. The van der Waals surface area contributed by atoms with Gasteiger partial charge in [-0.25, -0.2) is 0 Å². The fourth-order valence-corrected chi connectivity index (χ4v) is 0.943. The molecule has 0 aromatic heterocycles. The van der Waals surface area contributed by atoms with E-state index in [1.54, 1.807) is 20.8 Å². The summed E-state index contributed by atoms with van der Waals surface area (Å²) in [6, 6.07) is 0. The first-order chi connectivity index (χ1) is 13.6. The van der Waals surface area contributed by atoms with Crippen LogP contribution in [0.3, 0.4) is 0 Å². The lowest BCUT2D eigenvalue weighted by atomic mass is 10.3. The summed E-state index contributed by atoms with van der Waals surface area (Å²) in [6.45, 7) is 18.9. The van der Waals surface area contributed by atoms with Crippen LogP contribution in [0, 0.1) is 0 Å². The van der Waals surface area contributed by atoms with Gasteiger partial charge in [0.15, 0.2) is 0 Å². The molecular weight excluding hydrogens is 360 g/mol. The third-order valence-electron chi connectivity index (χ3n) is 2.46. The SMILES string of the molecule is CC=CC=CCC(C)=O.CC=CCC.CC=CCC(C)=O.CCC.CCC(C)=O. The summed E-state index contributed by atoms with van der Waals surface area (Å²) >= 11 is 0. The molecule has 0 N–H and O–H groups in total. The van der Waals surface area contributed by atoms with E-state index in [1.807, 2.05) is 64.2 Å². The highest BCUT2D eigenvalue weighted by atomic mass is 16.1. The van der Waals surface area contributed by atoms with Crippen molar-refractivity contribution in [2.45, 2.75) is 101 Å². The quantitative estimate of drug-likeness (QED) is 0.316. The van der Waals surface area contributed by atoms with Crippen molar-refractivity contribution < 1.29 is 14.4 Å². The van der Waals surface area contributed by atoms with E-state index >= 15 is 0 Å².